The van der Waals surface area contributed by atoms with Crippen LogP contribution in [0.5, 0.6) is 0 Å². The van der Waals surface area contributed by atoms with Gasteiger partial charge in [-0.05, 0) is 25.3 Å². The number of carbonyl (C=O) groups is 2. The second-order valence-electron chi connectivity index (χ2n) is 4.99. The molecule has 1 saturated heterocycles. The SMILES string of the molecule is O=C(O)C1CCCCN1C(=O)c1csc2ccccc12. The first-order chi connectivity index (χ1) is 9.68. The second kappa shape index (κ2) is 5.25. The molecule has 0 saturated carbocycles. The monoisotopic (exact) mass is 289 g/mol. The van der Waals surface area contributed by atoms with Crippen molar-refractivity contribution in [2.75, 3.05) is 6.54 Å². The summed E-state index contributed by atoms with van der Waals surface area (Å²) in [5.41, 5.74) is 0.624. The summed E-state index contributed by atoms with van der Waals surface area (Å²) in [5.74, 6) is -1.06. The van der Waals surface area contributed by atoms with Gasteiger partial charge in [-0.3, -0.25) is 4.79 Å². The van der Waals surface area contributed by atoms with Gasteiger partial charge in [0.1, 0.15) is 6.04 Å². The van der Waals surface area contributed by atoms with Crippen LogP contribution in [0.3, 0.4) is 0 Å². The van der Waals surface area contributed by atoms with Crippen LogP contribution in [-0.4, -0.2) is 34.5 Å². The Kier molecular flexibility index (Phi) is 3.44. The molecule has 1 aliphatic rings. The molecule has 3 rings (SSSR count). The lowest BCUT2D eigenvalue weighted by Crippen LogP contribution is -2.47. The molecule has 1 atom stereocenters. The van der Waals surface area contributed by atoms with Crippen LogP contribution < -0.4 is 0 Å². The molecule has 0 spiro atoms. The standard InChI is InChI=1S/C15H15NO3S/c17-14(16-8-4-3-6-12(16)15(18)19)11-9-20-13-7-2-1-5-10(11)13/h1-2,5,7,9,12H,3-4,6,8H2,(H,18,19). The van der Waals surface area contributed by atoms with Gasteiger partial charge in [0.2, 0.25) is 0 Å². The van der Waals surface area contributed by atoms with Crippen molar-refractivity contribution in [2.24, 2.45) is 0 Å². The van der Waals surface area contributed by atoms with Gasteiger partial charge in [-0.1, -0.05) is 18.2 Å². The number of thiophene rings is 1. The molecule has 0 aliphatic carbocycles. The van der Waals surface area contributed by atoms with Crippen LogP contribution in [0.15, 0.2) is 29.6 Å². The largest absolute Gasteiger partial charge is 0.480 e. The molecule has 1 amide bonds. The molecular weight excluding hydrogens is 274 g/mol. The number of fused-ring (bicyclic) bond motifs is 1. The Bertz CT molecular complexity index is 664. The van der Waals surface area contributed by atoms with Crippen LogP contribution in [0.1, 0.15) is 29.6 Å². The van der Waals surface area contributed by atoms with Gasteiger partial charge in [-0.25, -0.2) is 4.79 Å². The highest BCUT2D eigenvalue weighted by Crippen LogP contribution is 2.28. The van der Waals surface area contributed by atoms with E-state index < -0.39 is 12.0 Å². The number of carbonyl (C=O) groups excluding carboxylic acids is 1. The van der Waals surface area contributed by atoms with Crippen LogP contribution in [0.2, 0.25) is 0 Å². The van der Waals surface area contributed by atoms with E-state index in [9.17, 15) is 14.7 Å². The number of carboxylic acid groups (broad SMARTS) is 1. The first-order valence-corrected chi connectivity index (χ1v) is 7.56. The fourth-order valence-corrected chi connectivity index (χ4v) is 3.66. The van der Waals surface area contributed by atoms with Gasteiger partial charge in [-0.15, -0.1) is 11.3 Å². The molecule has 0 radical (unpaired) electrons. The summed E-state index contributed by atoms with van der Waals surface area (Å²) in [6, 6.07) is 7.04. The fraction of sp³-hybridized carbons (Fsp3) is 0.333. The molecule has 20 heavy (non-hydrogen) atoms. The average molecular weight is 289 g/mol. The van der Waals surface area contributed by atoms with Gasteiger partial charge in [-0.2, -0.15) is 0 Å². The zero-order valence-corrected chi connectivity index (χ0v) is 11.7. The first-order valence-electron chi connectivity index (χ1n) is 6.68. The van der Waals surface area contributed by atoms with Gasteiger partial charge in [0.25, 0.3) is 5.91 Å². The molecule has 1 N–H and O–H groups in total. The highest BCUT2D eigenvalue weighted by Gasteiger charge is 2.33. The zero-order valence-electron chi connectivity index (χ0n) is 10.9. The number of piperidine rings is 1. The van der Waals surface area contributed by atoms with Crippen molar-refractivity contribution in [1.29, 1.82) is 0 Å². The Morgan fingerprint density at radius 2 is 2.05 bits per heavy atom. The molecule has 5 heteroatoms. The van der Waals surface area contributed by atoms with E-state index in [0.717, 1.165) is 22.9 Å². The number of rotatable bonds is 2. The number of hydrogen-bond acceptors (Lipinski definition) is 3. The van der Waals surface area contributed by atoms with E-state index in [0.29, 0.717) is 18.5 Å². The molecule has 2 aromatic rings. The number of likely N-dealkylation sites (tertiary alicyclic amines) is 1. The van der Waals surface area contributed by atoms with Crippen molar-refractivity contribution >= 4 is 33.3 Å². The summed E-state index contributed by atoms with van der Waals surface area (Å²) >= 11 is 1.52. The maximum absolute atomic E-state index is 12.7. The summed E-state index contributed by atoms with van der Waals surface area (Å²) in [6.45, 7) is 0.528. The molecule has 1 aliphatic heterocycles. The van der Waals surface area contributed by atoms with E-state index in [-0.39, 0.29) is 5.91 Å². The quantitative estimate of drug-likeness (QED) is 0.924. The van der Waals surface area contributed by atoms with E-state index in [1.165, 1.54) is 16.2 Å². The minimum Gasteiger partial charge on any atom is -0.480 e. The third kappa shape index (κ3) is 2.18. The van der Waals surface area contributed by atoms with E-state index in [4.69, 9.17) is 0 Å². The minimum absolute atomic E-state index is 0.158. The van der Waals surface area contributed by atoms with Crippen molar-refractivity contribution in [2.45, 2.75) is 25.3 Å². The minimum atomic E-state index is -0.905. The molecule has 4 nitrogen and oxygen atoms in total. The van der Waals surface area contributed by atoms with Crippen molar-refractivity contribution in [3.63, 3.8) is 0 Å². The maximum Gasteiger partial charge on any atom is 0.326 e. The second-order valence-corrected chi connectivity index (χ2v) is 5.91. The Morgan fingerprint density at radius 1 is 1.25 bits per heavy atom. The van der Waals surface area contributed by atoms with Crippen LogP contribution in [0, 0.1) is 0 Å². The van der Waals surface area contributed by atoms with Crippen molar-refractivity contribution < 1.29 is 14.7 Å². The van der Waals surface area contributed by atoms with Crippen molar-refractivity contribution in [1.82, 2.24) is 4.90 Å². The average Bonchev–Trinajstić information content (AvgIpc) is 2.90. The highest BCUT2D eigenvalue weighted by atomic mass is 32.1. The number of hydrogen-bond donors (Lipinski definition) is 1. The van der Waals surface area contributed by atoms with Crippen molar-refractivity contribution in [3.05, 3.63) is 35.2 Å². The maximum atomic E-state index is 12.7. The van der Waals surface area contributed by atoms with E-state index in [1.54, 1.807) is 0 Å². The van der Waals surface area contributed by atoms with Crippen LogP contribution in [0.25, 0.3) is 10.1 Å². The van der Waals surface area contributed by atoms with Gasteiger partial charge in [0.15, 0.2) is 0 Å². The zero-order chi connectivity index (χ0) is 14.1. The summed E-state index contributed by atoms with van der Waals surface area (Å²) < 4.78 is 1.06. The van der Waals surface area contributed by atoms with Crippen molar-refractivity contribution in [3.8, 4) is 0 Å². The summed E-state index contributed by atoms with van der Waals surface area (Å²) in [5, 5.41) is 12.0. The van der Waals surface area contributed by atoms with Gasteiger partial charge >= 0.3 is 5.97 Å². The molecule has 104 valence electrons. The molecule has 1 aromatic heterocycles. The molecule has 2 heterocycles. The number of aliphatic carboxylic acids is 1. The third-order valence-corrected chi connectivity index (χ3v) is 4.72. The Balaban J connectivity index is 1.96. The summed E-state index contributed by atoms with van der Waals surface area (Å²) in [4.78, 5) is 25.5. The lowest BCUT2D eigenvalue weighted by molar-refractivity contribution is -0.143. The number of carboxylic acids is 1. The van der Waals surface area contributed by atoms with E-state index in [2.05, 4.69) is 0 Å². The third-order valence-electron chi connectivity index (χ3n) is 3.76. The van der Waals surface area contributed by atoms with E-state index in [1.807, 2.05) is 29.6 Å². The lowest BCUT2D eigenvalue weighted by Gasteiger charge is -2.32. The Hall–Kier alpha value is -1.88. The number of nitrogens with zero attached hydrogens (tertiary/aromatic N) is 1. The Morgan fingerprint density at radius 3 is 2.85 bits per heavy atom. The number of amides is 1. The molecule has 1 aromatic carbocycles. The number of benzene rings is 1. The molecular formula is C15H15NO3S. The summed E-state index contributed by atoms with van der Waals surface area (Å²) in [6.07, 6.45) is 2.28. The Labute approximate surface area is 120 Å². The lowest BCUT2D eigenvalue weighted by atomic mass is 10.0. The van der Waals surface area contributed by atoms with Gasteiger partial charge in [0.05, 0.1) is 5.56 Å². The normalized spacial score (nSPS) is 19.2. The molecule has 0 bridgehead atoms. The topological polar surface area (TPSA) is 57.6 Å². The molecule has 1 fully saturated rings. The smallest absolute Gasteiger partial charge is 0.326 e. The predicted molar refractivity (Wildman–Crippen MR) is 78.1 cm³/mol. The van der Waals surface area contributed by atoms with Gasteiger partial charge in [0, 0.05) is 22.0 Å². The van der Waals surface area contributed by atoms with Gasteiger partial charge < -0.3 is 10.0 Å². The fourth-order valence-electron chi connectivity index (χ4n) is 2.73. The van der Waals surface area contributed by atoms with Crippen LogP contribution in [-0.2, 0) is 4.79 Å². The van der Waals surface area contributed by atoms with Crippen LogP contribution in [0.4, 0.5) is 0 Å². The summed E-state index contributed by atoms with van der Waals surface area (Å²) in [7, 11) is 0. The highest BCUT2D eigenvalue weighted by molar-refractivity contribution is 7.17. The van der Waals surface area contributed by atoms with Crippen LogP contribution >= 0.6 is 11.3 Å². The van der Waals surface area contributed by atoms with E-state index >= 15 is 0 Å². The molecule has 1 unspecified atom stereocenters. The first kappa shape index (κ1) is 13.1. The predicted octanol–water partition coefficient (Wildman–Crippen LogP) is 2.98.